The topological polar surface area (TPSA) is 66.9 Å². The summed E-state index contributed by atoms with van der Waals surface area (Å²) >= 11 is 1.85. The minimum atomic E-state index is -0.519. The highest BCUT2D eigenvalue weighted by Crippen LogP contribution is 2.34. The van der Waals surface area contributed by atoms with E-state index in [1.165, 1.54) is 16.0 Å². The third-order valence-electron chi connectivity index (χ3n) is 7.49. The average molecular weight is 501 g/mol. The van der Waals surface area contributed by atoms with Gasteiger partial charge in [-0.3, -0.25) is 19.3 Å². The van der Waals surface area contributed by atoms with Gasteiger partial charge in [0, 0.05) is 42.1 Å². The van der Waals surface area contributed by atoms with Gasteiger partial charge in [-0.1, -0.05) is 30.3 Å². The van der Waals surface area contributed by atoms with Gasteiger partial charge in [0.25, 0.3) is 5.91 Å². The lowest BCUT2D eigenvalue weighted by atomic mass is 9.92. The van der Waals surface area contributed by atoms with Crippen molar-refractivity contribution in [1.82, 2.24) is 9.80 Å². The molecule has 0 spiro atoms. The van der Waals surface area contributed by atoms with Crippen LogP contribution >= 0.6 is 11.3 Å². The molecule has 0 saturated heterocycles. The van der Waals surface area contributed by atoms with Crippen LogP contribution in [-0.2, 0) is 42.3 Å². The number of hydrogen-bond donors (Lipinski definition) is 0. The molecule has 1 amide bonds. The van der Waals surface area contributed by atoms with Gasteiger partial charge in [0.1, 0.15) is 18.1 Å². The van der Waals surface area contributed by atoms with Crippen LogP contribution in [-0.4, -0.2) is 39.9 Å². The number of rotatable bonds is 6. The molecule has 3 heterocycles. The molecule has 1 fully saturated rings. The molecule has 6 nitrogen and oxygen atoms in total. The number of carbonyl (C=O) groups is 3. The fraction of sp³-hybridized carbons (Fsp3) is 0.345. The van der Waals surface area contributed by atoms with Crippen molar-refractivity contribution in [1.29, 1.82) is 0 Å². The first-order valence-corrected chi connectivity index (χ1v) is 13.4. The highest BCUT2D eigenvalue weighted by Gasteiger charge is 2.40. The summed E-state index contributed by atoms with van der Waals surface area (Å²) in [6, 6.07) is 15.8. The number of fused-ring (bicyclic) bond motifs is 2. The van der Waals surface area contributed by atoms with Crippen LogP contribution in [0.25, 0.3) is 0 Å². The van der Waals surface area contributed by atoms with Crippen molar-refractivity contribution < 1.29 is 19.1 Å². The summed E-state index contributed by atoms with van der Waals surface area (Å²) in [6.07, 6.45) is 1.81. The Labute approximate surface area is 214 Å². The van der Waals surface area contributed by atoms with Crippen molar-refractivity contribution in [3.8, 4) is 5.75 Å². The van der Waals surface area contributed by atoms with Gasteiger partial charge in [0.15, 0.2) is 5.78 Å². The van der Waals surface area contributed by atoms with E-state index in [1.54, 1.807) is 11.0 Å². The first kappa shape index (κ1) is 23.1. The minimum absolute atomic E-state index is 0.0389. The molecule has 6 rings (SSSR count). The average Bonchev–Trinajstić information content (AvgIpc) is 3.48. The van der Waals surface area contributed by atoms with Crippen molar-refractivity contribution in [2.45, 2.75) is 58.0 Å². The summed E-state index contributed by atoms with van der Waals surface area (Å²) < 4.78 is 6.16. The van der Waals surface area contributed by atoms with Crippen molar-refractivity contribution in [3.63, 3.8) is 0 Å². The summed E-state index contributed by atoms with van der Waals surface area (Å²) in [7, 11) is 0. The van der Waals surface area contributed by atoms with E-state index in [0.717, 1.165) is 37.2 Å². The molecule has 184 valence electrons. The van der Waals surface area contributed by atoms with E-state index < -0.39 is 6.04 Å². The Kier molecular flexibility index (Phi) is 6.19. The van der Waals surface area contributed by atoms with Crippen LogP contribution in [0, 0.1) is 0 Å². The van der Waals surface area contributed by atoms with E-state index in [-0.39, 0.29) is 23.9 Å². The third-order valence-corrected chi connectivity index (χ3v) is 8.44. The molecule has 1 unspecified atom stereocenters. The largest absolute Gasteiger partial charge is 0.489 e. The molecule has 0 N–H and O–H groups in total. The molecular formula is C29H28N2O4S. The van der Waals surface area contributed by atoms with E-state index in [2.05, 4.69) is 40.6 Å². The van der Waals surface area contributed by atoms with Crippen LogP contribution in [0.1, 0.15) is 56.8 Å². The van der Waals surface area contributed by atoms with Crippen LogP contribution < -0.4 is 4.74 Å². The number of Topliss-reactive ketones (excluding diaryl/α,β-unsaturated/α-hetero) is 2. The van der Waals surface area contributed by atoms with E-state index in [4.69, 9.17) is 4.74 Å². The lowest BCUT2D eigenvalue weighted by Crippen LogP contribution is -2.44. The number of ketones is 2. The Morgan fingerprint density at radius 1 is 0.944 bits per heavy atom. The molecular weight excluding hydrogens is 472 g/mol. The molecule has 3 aromatic rings. The molecule has 36 heavy (non-hydrogen) atoms. The Hall–Kier alpha value is -3.29. The van der Waals surface area contributed by atoms with Crippen LogP contribution in [0.15, 0.2) is 53.9 Å². The molecule has 0 bridgehead atoms. The smallest absolute Gasteiger partial charge is 0.255 e. The SMILES string of the molecule is O=C1CCC(N2Cc3c(OCc4ccc(CN5CCc6ccsc6C5)cc4)cccc3C2=O)C(=O)C1. The molecule has 1 aromatic heterocycles. The summed E-state index contributed by atoms with van der Waals surface area (Å²) in [5, 5.41) is 2.19. The minimum Gasteiger partial charge on any atom is -0.489 e. The zero-order chi connectivity index (χ0) is 24.6. The van der Waals surface area contributed by atoms with E-state index in [0.29, 0.717) is 37.3 Å². The van der Waals surface area contributed by atoms with Crippen LogP contribution in [0.5, 0.6) is 5.75 Å². The van der Waals surface area contributed by atoms with Crippen molar-refractivity contribution in [2.24, 2.45) is 0 Å². The molecule has 7 heteroatoms. The zero-order valence-corrected chi connectivity index (χ0v) is 20.9. The molecule has 1 aliphatic carbocycles. The number of hydrogen-bond acceptors (Lipinski definition) is 6. The standard InChI is InChI=1S/C29H28N2O4S/c32-22-8-9-25(26(33)14-22)31-16-24-23(29(31)34)2-1-3-27(24)35-18-20-6-4-19(5-7-20)15-30-12-10-21-11-13-36-28(21)17-30/h1-7,11,13,25H,8-10,12,14-18H2. The van der Waals surface area contributed by atoms with E-state index in [1.807, 2.05) is 23.5 Å². The van der Waals surface area contributed by atoms with Gasteiger partial charge in [0.2, 0.25) is 0 Å². The number of benzene rings is 2. The van der Waals surface area contributed by atoms with Gasteiger partial charge in [-0.25, -0.2) is 0 Å². The molecule has 2 aliphatic heterocycles. The third kappa shape index (κ3) is 4.49. The number of carbonyl (C=O) groups excluding carboxylic acids is 3. The maximum Gasteiger partial charge on any atom is 0.255 e. The summed E-state index contributed by atoms with van der Waals surface area (Å²) in [6.45, 7) is 3.80. The Morgan fingerprint density at radius 3 is 2.61 bits per heavy atom. The summed E-state index contributed by atoms with van der Waals surface area (Å²) in [4.78, 5) is 42.7. The van der Waals surface area contributed by atoms with Gasteiger partial charge in [-0.15, -0.1) is 11.3 Å². The molecule has 1 atom stereocenters. The first-order valence-electron chi connectivity index (χ1n) is 12.5. The van der Waals surface area contributed by atoms with Crippen molar-refractivity contribution >= 4 is 28.8 Å². The highest BCUT2D eigenvalue weighted by molar-refractivity contribution is 7.10. The zero-order valence-electron chi connectivity index (χ0n) is 20.1. The van der Waals surface area contributed by atoms with Crippen molar-refractivity contribution in [2.75, 3.05) is 6.54 Å². The summed E-state index contributed by atoms with van der Waals surface area (Å²) in [5.41, 5.74) is 5.26. The predicted molar refractivity (Wildman–Crippen MR) is 137 cm³/mol. The lowest BCUT2D eigenvalue weighted by Gasteiger charge is -2.29. The van der Waals surface area contributed by atoms with Gasteiger partial charge >= 0.3 is 0 Å². The Bertz CT molecular complexity index is 1330. The Balaban J connectivity index is 1.09. The monoisotopic (exact) mass is 500 g/mol. The van der Waals surface area contributed by atoms with E-state index >= 15 is 0 Å². The van der Waals surface area contributed by atoms with Gasteiger partial charge in [-0.05, 0) is 53.1 Å². The van der Waals surface area contributed by atoms with Crippen molar-refractivity contribution in [3.05, 3.63) is 86.6 Å². The fourth-order valence-electron chi connectivity index (χ4n) is 5.49. The Morgan fingerprint density at radius 2 is 1.78 bits per heavy atom. The number of ether oxygens (including phenoxy) is 1. The normalized spacial score (nSPS) is 19.9. The molecule has 1 saturated carbocycles. The summed E-state index contributed by atoms with van der Waals surface area (Å²) in [5.74, 6) is 0.324. The first-order chi connectivity index (χ1) is 17.5. The van der Waals surface area contributed by atoms with Crippen LogP contribution in [0.2, 0.25) is 0 Å². The van der Waals surface area contributed by atoms with Gasteiger partial charge in [-0.2, -0.15) is 0 Å². The maximum absolute atomic E-state index is 13.0. The highest BCUT2D eigenvalue weighted by atomic mass is 32.1. The number of amides is 1. The van der Waals surface area contributed by atoms with Crippen LogP contribution in [0.4, 0.5) is 0 Å². The predicted octanol–water partition coefficient (Wildman–Crippen LogP) is 4.53. The number of nitrogens with zero attached hydrogens (tertiary/aromatic N) is 2. The van der Waals surface area contributed by atoms with Gasteiger partial charge in [0.05, 0.1) is 19.0 Å². The second kappa shape index (κ2) is 9.64. The molecule has 2 aromatic carbocycles. The van der Waals surface area contributed by atoms with Crippen LogP contribution in [0.3, 0.4) is 0 Å². The molecule has 3 aliphatic rings. The second-order valence-corrected chi connectivity index (χ2v) is 10.9. The lowest BCUT2D eigenvalue weighted by molar-refractivity contribution is -0.133. The second-order valence-electron chi connectivity index (χ2n) is 9.89. The number of thiophene rings is 1. The maximum atomic E-state index is 13.0. The molecule has 0 radical (unpaired) electrons. The van der Waals surface area contributed by atoms with E-state index in [9.17, 15) is 14.4 Å². The quantitative estimate of drug-likeness (QED) is 0.465. The van der Waals surface area contributed by atoms with Gasteiger partial charge < -0.3 is 9.64 Å². The fourth-order valence-corrected chi connectivity index (χ4v) is 6.46.